The van der Waals surface area contributed by atoms with Crippen LogP contribution in [0.3, 0.4) is 0 Å². The SMILES string of the molecule is c1ccc(-c2ccc3oc4cccc5c6ccc(-n7c8ccccc8c8cc(-c9ccc%10c(c9)c9ccccc9n%10-c9ccccc9)ccc87)cc6c2c3c45)cc1. The van der Waals surface area contributed by atoms with Gasteiger partial charge in [0, 0.05) is 49.1 Å². The van der Waals surface area contributed by atoms with E-state index in [9.17, 15) is 0 Å². The fourth-order valence-corrected chi connectivity index (χ4v) is 9.82. The minimum absolute atomic E-state index is 0.926. The third kappa shape index (κ3) is 4.26. The molecule has 13 rings (SSSR count). The minimum Gasteiger partial charge on any atom is -0.456 e. The highest BCUT2D eigenvalue weighted by Crippen LogP contribution is 2.47. The third-order valence-corrected chi connectivity index (χ3v) is 12.3. The van der Waals surface area contributed by atoms with Gasteiger partial charge in [0.2, 0.25) is 0 Å². The number of fused-ring (bicyclic) bond motifs is 9. The van der Waals surface area contributed by atoms with Crippen LogP contribution in [0.2, 0.25) is 0 Å². The van der Waals surface area contributed by atoms with Gasteiger partial charge in [0.05, 0.1) is 22.1 Å². The lowest BCUT2D eigenvalue weighted by molar-refractivity contribution is 0.669. The first-order chi connectivity index (χ1) is 28.3. The van der Waals surface area contributed by atoms with E-state index in [1.54, 1.807) is 0 Å². The molecule has 0 saturated carbocycles. The van der Waals surface area contributed by atoms with E-state index in [0.29, 0.717) is 0 Å². The molecule has 0 saturated heterocycles. The summed E-state index contributed by atoms with van der Waals surface area (Å²) in [4.78, 5) is 0. The maximum atomic E-state index is 6.50. The van der Waals surface area contributed by atoms with Gasteiger partial charge in [0.25, 0.3) is 0 Å². The second-order valence-electron chi connectivity index (χ2n) is 15.2. The first-order valence-corrected chi connectivity index (χ1v) is 19.6. The number of hydrogen-bond acceptors (Lipinski definition) is 1. The molecule has 3 nitrogen and oxygen atoms in total. The Balaban J connectivity index is 1.04. The predicted octanol–water partition coefficient (Wildman–Crippen LogP) is 14.9. The Morgan fingerprint density at radius 1 is 0.281 bits per heavy atom. The zero-order valence-electron chi connectivity index (χ0n) is 30.8. The monoisotopic (exact) mass is 724 g/mol. The van der Waals surface area contributed by atoms with Crippen molar-refractivity contribution in [2.24, 2.45) is 0 Å². The van der Waals surface area contributed by atoms with Crippen molar-refractivity contribution in [3.05, 3.63) is 194 Å². The molecule has 10 aromatic carbocycles. The van der Waals surface area contributed by atoms with Crippen LogP contribution in [-0.2, 0) is 0 Å². The van der Waals surface area contributed by atoms with Crippen LogP contribution in [0.5, 0.6) is 0 Å². The van der Waals surface area contributed by atoms with Gasteiger partial charge in [-0.25, -0.2) is 0 Å². The number of furan rings is 1. The van der Waals surface area contributed by atoms with E-state index >= 15 is 0 Å². The molecule has 0 aliphatic heterocycles. The Labute approximate surface area is 327 Å². The largest absolute Gasteiger partial charge is 0.456 e. The van der Waals surface area contributed by atoms with Crippen LogP contribution in [0.15, 0.2) is 199 Å². The van der Waals surface area contributed by atoms with Gasteiger partial charge in [-0.05, 0) is 111 Å². The summed E-state index contributed by atoms with van der Waals surface area (Å²) in [5, 5.41) is 12.3. The Kier molecular flexibility index (Phi) is 6.16. The van der Waals surface area contributed by atoms with Crippen LogP contribution >= 0.6 is 0 Å². The highest BCUT2D eigenvalue weighted by atomic mass is 16.3. The van der Waals surface area contributed by atoms with E-state index in [4.69, 9.17) is 4.42 Å². The highest BCUT2D eigenvalue weighted by Gasteiger charge is 2.22. The number of aromatic nitrogens is 2. The normalized spacial score (nSPS) is 12.2. The first-order valence-electron chi connectivity index (χ1n) is 19.6. The van der Waals surface area contributed by atoms with Crippen LogP contribution < -0.4 is 0 Å². The average molecular weight is 725 g/mol. The number of rotatable bonds is 4. The number of benzene rings is 10. The van der Waals surface area contributed by atoms with Crippen molar-refractivity contribution in [1.29, 1.82) is 0 Å². The summed E-state index contributed by atoms with van der Waals surface area (Å²) < 4.78 is 11.3. The summed E-state index contributed by atoms with van der Waals surface area (Å²) >= 11 is 0. The van der Waals surface area contributed by atoms with Crippen LogP contribution in [0.1, 0.15) is 0 Å². The fourth-order valence-electron chi connectivity index (χ4n) is 9.82. The van der Waals surface area contributed by atoms with E-state index in [-0.39, 0.29) is 0 Å². The minimum atomic E-state index is 0.926. The van der Waals surface area contributed by atoms with Crippen LogP contribution in [0.4, 0.5) is 0 Å². The van der Waals surface area contributed by atoms with E-state index in [1.165, 1.54) is 104 Å². The highest BCUT2D eigenvalue weighted by molar-refractivity contribution is 6.35. The van der Waals surface area contributed by atoms with E-state index in [0.717, 1.165) is 16.9 Å². The molecule has 13 aromatic rings. The van der Waals surface area contributed by atoms with Crippen molar-refractivity contribution in [1.82, 2.24) is 9.13 Å². The molecule has 0 aliphatic rings. The fraction of sp³-hybridized carbons (Fsp3) is 0. The molecule has 264 valence electrons. The maximum absolute atomic E-state index is 6.50. The van der Waals surface area contributed by atoms with Gasteiger partial charge in [0.1, 0.15) is 11.2 Å². The second-order valence-corrected chi connectivity index (χ2v) is 15.2. The molecule has 57 heavy (non-hydrogen) atoms. The van der Waals surface area contributed by atoms with Crippen LogP contribution in [0.25, 0.3) is 121 Å². The molecule has 0 fully saturated rings. The lowest BCUT2D eigenvalue weighted by atomic mass is 9.89. The van der Waals surface area contributed by atoms with Crippen LogP contribution in [0, 0.1) is 0 Å². The Morgan fingerprint density at radius 2 is 0.860 bits per heavy atom. The summed E-state index contributed by atoms with van der Waals surface area (Å²) in [6.07, 6.45) is 0. The Bertz CT molecular complexity index is 3730. The maximum Gasteiger partial charge on any atom is 0.136 e. The van der Waals surface area contributed by atoms with Crippen molar-refractivity contribution in [3.63, 3.8) is 0 Å². The van der Waals surface area contributed by atoms with Crippen LogP contribution in [-0.4, -0.2) is 9.13 Å². The molecule has 0 bridgehead atoms. The topological polar surface area (TPSA) is 23.0 Å². The molecule has 0 spiro atoms. The number of nitrogens with zero attached hydrogens (tertiary/aromatic N) is 2. The first kappa shape index (κ1) is 30.7. The Morgan fingerprint density at radius 3 is 1.56 bits per heavy atom. The van der Waals surface area contributed by atoms with Crippen molar-refractivity contribution in [3.8, 4) is 33.6 Å². The van der Waals surface area contributed by atoms with Gasteiger partial charge < -0.3 is 13.6 Å². The molecule has 0 unspecified atom stereocenters. The van der Waals surface area contributed by atoms with Gasteiger partial charge in [-0.1, -0.05) is 121 Å². The van der Waals surface area contributed by atoms with Gasteiger partial charge in [-0.3, -0.25) is 0 Å². The smallest absolute Gasteiger partial charge is 0.136 e. The van der Waals surface area contributed by atoms with Crippen molar-refractivity contribution in [2.45, 2.75) is 0 Å². The molecule has 3 aromatic heterocycles. The standard InChI is InChI=1S/C54H32N2O/c1-3-12-33(13-4-1)38-26-29-51-54-52(38)45-32-37(24-25-39(45)42-18-11-21-50(57-51)53(42)54)56-47-20-10-8-17-41(47)44-31-35(23-28-49(44)56)34-22-27-48-43(30-34)40-16-7-9-19-46(40)55(48)36-14-5-2-6-15-36/h1-32H. The lowest BCUT2D eigenvalue weighted by Gasteiger charge is -2.15. The zero-order chi connectivity index (χ0) is 37.2. The number of para-hydroxylation sites is 3. The molecule has 0 atom stereocenters. The quantitative estimate of drug-likeness (QED) is 0.166. The summed E-state index contributed by atoms with van der Waals surface area (Å²) in [5.74, 6) is 0. The summed E-state index contributed by atoms with van der Waals surface area (Å²) in [7, 11) is 0. The molecule has 0 radical (unpaired) electrons. The summed E-state index contributed by atoms with van der Waals surface area (Å²) in [6.45, 7) is 0. The molecule has 3 heterocycles. The molecular weight excluding hydrogens is 693 g/mol. The van der Waals surface area contributed by atoms with Gasteiger partial charge in [-0.2, -0.15) is 0 Å². The number of hydrogen-bond donors (Lipinski definition) is 0. The molecule has 3 heteroatoms. The third-order valence-electron chi connectivity index (χ3n) is 12.3. The van der Waals surface area contributed by atoms with E-state index < -0.39 is 0 Å². The predicted molar refractivity (Wildman–Crippen MR) is 239 cm³/mol. The lowest BCUT2D eigenvalue weighted by Crippen LogP contribution is -1.95. The zero-order valence-corrected chi connectivity index (χ0v) is 30.8. The van der Waals surface area contributed by atoms with Gasteiger partial charge >= 0.3 is 0 Å². The molecule has 0 N–H and O–H groups in total. The van der Waals surface area contributed by atoms with Gasteiger partial charge in [-0.15, -0.1) is 0 Å². The van der Waals surface area contributed by atoms with E-state index in [1.807, 2.05) is 0 Å². The van der Waals surface area contributed by atoms with Crippen molar-refractivity contribution >= 4 is 87.1 Å². The summed E-state index contributed by atoms with van der Waals surface area (Å²) in [5.41, 5.74) is 13.8. The summed E-state index contributed by atoms with van der Waals surface area (Å²) in [6, 6.07) is 70.8. The van der Waals surface area contributed by atoms with Gasteiger partial charge in [0.15, 0.2) is 0 Å². The van der Waals surface area contributed by atoms with Crippen molar-refractivity contribution < 1.29 is 4.42 Å². The van der Waals surface area contributed by atoms with Crippen molar-refractivity contribution in [2.75, 3.05) is 0 Å². The Hall–Kier alpha value is -7.62. The molecule has 0 amide bonds. The van der Waals surface area contributed by atoms with E-state index in [2.05, 4.69) is 203 Å². The molecule has 0 aliphatic carbocycles. The molecular formula is C54H32N2O. The second kappa shape index (κ2) is 11.5. The average Bonchev–Trinajstić information content (AvgIpc) is 3.94.